The third-order valence-electron chi connectivity index (χ3n) is 2.56. The van der Waals surface area contributed by atoms with E-state index in [1.165, 1.54) is 12.1 Å². The molecule has 0 spiro atoms. The van der Waals surface area contributed by atoms with Crippen molar-refractivity contribution in [3.63, 3.8) is 0 Å². The van der Waals surface area contributed by atoms with Gasteiger partial charge in [-0.05, 0) is 30.7 Å². The van der Waals surface area contributed by atoms with Crippen LogP contribution in [-0.2, 0) is 9.59 Å². The molecule has 0 aromatic heterocycles. The van der Waals surface area contributed by atoms with Crippen LogP contribution in [0, 0.1) is 12.3 Å². The Morgan fingerprint density at radius 1 is 1.20 bits per heavy atom. The van der Waals surface area contributed by atoms with E-state index in [9.17, 15) is 14.4 Å². The van der Waals surface area contributed by atoms with Crippen LogP contribution in [0.4, 0.5) is 0 Å². The van der Waals surface area contributed by atoms with Gasteiger partial charge in [0.1, 0.15) is 6.04 Å². The van der Waals surface area contributed by atoms with E-state index in [1.54, 1.807) is 12.1 Å². The molecule has 6 heteroatoms. The zero-order valence-corrected chi connectivity index (χ0v) is 10.5. The highest BCUT2D eigenvalue weighted by molar-refractivity contribution is 5.96. The first-order chi connectivity index (χ1) is 9.43. The molecule has 1 aromatic rings. The van der Waals surface area contributed by atoms with Gasteiger partial charge in [0.25, 0.3) is 5.91 Å². The van der Waals surface area contributed by atoms with E-state index in [1.807, 2.05) is 0 Å². The largest absolute Gasteiger partial charge is 0.481 e. The predicted molar refractivity (Wildman–Crippen MR) is 70.1 cm³/mol. The summed E-state index contributed by atoms with van der Waals surface area (Å²) in [6.45, 7) is 0. The SMILES string of the molecule is C#Cc1ccc(C(=O)N[C@@H](CCC(=O)O)C(=O)O)cc1. The Morgan fingerprint density at radius 2 is 1.80 bits per heavy atom. The van der Waals surface area contributed by atoms with Crippen molar-refractivity contribution in [2.24, 2.45) is 0 Å². The van der Waals surface area contributed by atoms with Crippen LogP contribution in [0.25, 0.3) is 0 Å². The van der Waals surface area contributed by atoms with Crippen LogP contribution in [0.15, 0.2) is 24.3 Å². The molecule has 104 valence electrons. The van der Waals surface area contributed by atoms with Crippen LogP contribution in [0.1, 0.15) is 28.8 Å². The Hall–Kier alpha value is -2.81. The number of terminal acetylenes is 1. The summed E-state index contributed by atoms with van der Waals surface area (Å²) in [6, 6.07) is 4.82. The van der Waals surface area contributed by atoms with Crippen LogP contribution in [0.5, 0.6) is 0 Å². The summed E-state index contributed by atoms with van der Waals surface area (Å²) in [4.78, 5) is 33.2. The van der Waals surface area contributed by atoms with E-state index in [0.717, 1.165) is 0 Å². The van der Waals surface area contributed by atoms with Crippen LogP contribution in [-0.4, -0.2) is 34.1 Å². The first-order valence-electron chi connectivity index (χ1n) is 5.76. The van der Waals surface area contributed by atoms with E-state index in [4.69, 9.17) is 16.6 Å². The lowest BCUT2D eigenvalue weighted by Gasteiger charge is -2.13. The minimum Gasteiger partial charge on any atom is -0.481 e. The average molecular weight is 275 g/mol. The first kappa shape index (κ1) is 15.2. The van der Waals surface area contributed by atoms with Crippen LogP contribution in [0.3, 0.4) is 0 Å². The van der Waals surface area contributed by atoms with Gasteiger partial charge in [-0.1, -0.05) is 5.92 Å². The highest BCUT2D eigenvalue weighted by atomic mass is 16.4. The van der Waals surface area contributed by atoms with Gasteiger partial charge in [-0.25, -0.2) is 4.79 Å². The van der Waals surface area contributed by atoms with Crippen molar-refractivity contribution in [3.05, 3.63) is 35.4 Å². The lowest BCUT2D eigenvalue weighted by Crippen LogP contribution is -2.41. The number of hydrogen-bond donors (Lipinski definition) is 3. The quantitative estimate of drug-likeness (QED) is 0.663. The molecule has 0 bridgehead atoms. The molecule has 1 atom stereocenters. The number of carbonyl (C=O) groups is 3. The van der Waals surface area contributed by atoms with Gasteiger partial charge in [-0.15, -0.1) is 6.42 Å². The number of amides is 1. The average Bonchev–Trinajstić information content (AvgIpc) is 2.42. The van der Waals surface area contributed by atoms with Crippen molar-refractivity contribution in [2.45, 2.75) is 18.9 Å². The smallest absolute Gasteiger partial charge is 0.326 e. The Balaban J connectivity index is 2.72. The number of nitrogens with one attached hydrogen (secondary N) is 1. The van der Waals surface area contributed by atoms with Gasteiger partial charge in [-0.2, -0.15) is 0 Å². The number of carboxylic acids is 2. The summed E-state index contributed by atoms with van der Waals surface area (Å²) in [5.74, 6) is -0.597. The molecule has 3 N–H and O–H groups in total. The second kappa shape index (κ2) is 6.95. The highest BCUT2D eigenvalue weighted by Crippen LogP contribution is 2.05. The van der Waals surface area contributed by atoms with Gasteiger partial charge in [0, 0.05) is 17.5 Å². The molecule has 1 amide bonds. The molecule has 6 nitrogen and oxygen atoms in total. The molecule has 0 aliphatic carbocycles. The predicted octanol–water partition coefficient (Wildman–Crippen LogP) is 0.716. The molecule has 0 aliphatic rings. The fourth-order valence-corrected chi connectivity index (χ4v) is 1.48. The molecule has 0 fully saturated rings. The van der Waals surface area contributed by atoms with E-state index < -0.39 is 23.9 Å². The minimum atomic E-state index is -1.28. The highest BCUT2D eigenvalue weighted by Gasteiger charge is 2.21. The molecule has 0 saturated carbocycles. The fraction of sp³-hybridized carbons (Fsp3) is 0.214. The van der Waals surface area contributed by atoms with E-state index in [2.05, 4.69) is 11.2 Å². The number of rotatable bonds is 6. The molecule has 0 aliphatic heterocycles. The zero-order chi connectivity index (χ0) is 15.1. The maximum Gasteiger partial charge on any atom is 0.326 e. The van der Waals surface area contributed by atoms with Crippen molar-refractivity contribution >= 4 is 17.8 Å². The molecular formula is C14H13NO5. The van der Waals surface area contributed by atoms with Crippen molar-refractivity contribution in [1.82, 2.24) is 5.32 Å². The van der Waals surface area contributed by atoms with Crippen LogP contribution >= 0.6 is 0 Å². The summed E-state index contributed by atoms with van der Waals surface area (Å²) in [7, 11) is 0. The number of carboxylic acid groups (broad SMARTS) is 2. The summed E-state index contributed by atoms with van der Waals surface area (Å²) < 4.78 is 0. The molecule has 0 heterocycles. The Bertz CT molecular complexity index is 556. The van der Waals surface area contributed by atoms with Gasteiger partial charge in [0.05, 0.1) is 0 Å². The van der Waals surface area contributed by atoms with Gasteiger partial charge in [-0.3, -0.25) is 9.59 Å². The van der Waals surface area contributed by atoms with Gasteiger partial charge < -0.3 is 15.5 Å². The summed E-state index contributed by atoms with van der Waals surface area (Å²) >= 11 is 0. The maximum atomic E-state index is 11.8. The second-order valence-corrected chi connectivity index (χ2v) is 4.02. The Morgan fingerprint density at radius 3 is 2.25 bits per heavy atom. The lowest BCUT2D eigenvalue weighted by atomic mass is 10.1. The molecule has 20 heavy (non-hydrogen) atoms. The number of aliphatic carboxylic acids is 2. The maximum absolute atomic E-state index is 11.8. The van der Waals surface area contributed by atoms with Crippen LogP contribution in [0.2, 0.25) is 0 Å². The topological polar surface area (TPSA) is 104 Å². The Kier molecular flexibility index (Phi) is 5.30. The van der Waals surface area contributed by atoms with Gasteiger partial charge >= 0.3 is 11.9 Å². The van der Waals surface area contributed by atoms with Crippen molar-refractivity contribution < 1.29 is 24.6 Å². The Labute approximate surface area is 115 Å². The third-order valence-corrected chi connectivity index (χ3v) is 2.56. The fourth-order valence-electron chi connectivity index (χ4n) is 1.48. The molecule has 0 radical (unpaired) electrons. The lowest BCUT2D eigenvalue weighted by molar-refractivity contribution is -0.140. The number of carbonyl (C=O) groups excluding carboxylic acids is 1. The van der Waals surface area contributed by atoms with E-state index >= 15 is 0 Å². The molecular weight excluding hydrogens is 262 g/mol. The van der Waals surface area contributed by atoms with Crippen molar-refractivity contribution in [1.29, 1.82) is 0 Å². The van der Waals surface area contributed by atoms with E-state index in [-0.39, 0.29) is 18.4 Å². The third kappa shape index (κ3) is 4.46. The van der Waals surface area contributed by atoms with Crippen molar-refractivity contribution in [2.75, 3.05) is 0 Å². The monoisotopic (exact) mass is 275 g/mol. The van der Waals surface area contributed by atoms with Crippen LogP contribution < -0.4 is 5.32 Å². The summed E-state index contributed by atoms with van der Waals surface area (Å²) in [5, 5.41) is 19.7. The first-order valence-corrected chi connectivity index (χ1v) is 5.76. The minimum absolute atomic E-state index is 0.182. The van der Waals surface area contributed by atoms with E-state index in [0.29, 0.717) is 5.56 Å². The molecule has 0 saturated heterocycles. The summed E-state index contributed by atoms with van der Waals surface area (Å²) in [6.07, 6.45) is 4.66. The standard InChI is InChI=1S/C14H13NO5/c1-2-9-3-5-10(6-4-9)13(18)15-11(14(19)20)7-8-12(16)17/h1,3-6,11H,7-8H2,(H,15,18)(H,16,17)(H,19,20)/t11-/m0/s1. The van der Waals surface area contributed by atoms with Gasteiger partial charge in [0.2, 0.25) is 0 Å². The molecule has 0 unspecified atom stereocenters. The second-order valence-electron chi connectivity index (χ2n) is 4.02. The molecule has 1 rings (SSSR count). The number of benzene rings is 1. The number of hydrogen-bond acceptors (Lipinski definition) is 3. The molecule has 1 aromatic carbocycles. The van der Waals surface area contributed by atoms with Gasteiger partial charge in [0.15, 0.2) is 0 Å². The normalized spacial score (nSPS) is 11.2. The van der Waals surface area contributed by atoms with Crippen molar-refractivity contribution in [3.8, 4) is 12.3 Å². The zero-order valence-electron chi connectivity index (χ0n) is 10.5. The summed E-state index contributed by atoms with van der Waals surface area (Å²) in [5.41, 5.74) is 0.854.